The highest BCUT2D eigenvalue weighted by atomic mass is 32.2. The molecule has 3 rings (SSSR count). The summed E-state index contributed by atoms with van der Waals surface area (Å²) >= 11 is 0. The Morgan fingerprint density at radius 3 is 2.48 bits per heavy atom. The average Bonchev–Trinajstić information content (AvgIpc) is 3.09. The lowest BCUT2D eigenvalue weighted by Gasteiger charge is -2.28. The molecule has 0 bridgehead atoms. The molecule has 1 fully saturated rings. The van der Waals surface area contributed by atoms with Crippen LogP contribution in [-0.2, 0) is 10.0 Å². The lowest BCUT2D eigenvalue weighted by molar-refractivity contribution is 0.330. The zero-order chi connectivity index (χ0) is 19.4. The third kappa shape index (κ3) is 5.01. The van der Waals surface area contributed by atoms with Crippen LogP contribution in [0, 0.1) is 17.6 Å². The van der Waals surface area contributed by atoms with Crippen LogP contribution in [0.15, 0.2) is 22.7 Å². The molecule has 1 aliphatic rings. The summed E-state index contributed by atoms with van der Waals surface area (Å²) in [5, 5.41) is 6.74. The fourth-order valence-electron chi connectivity index (χ4n) is 3.13. The smallest absolute Gasteiger partial charge is 0.322 e. The fraction of sp³-hybridized carbons (Fsp3) is 0.529. The molecule has 0 atom stereocenters. The number of benzene rings is 1. The number of sulfonamides is 1. The van der Waals surface area contributed by atoms with Crippen molar-refractivity contribution in [3.05, 3.63) is 29.8 Å². The normalized spacial score (nSPS) is 20.6. The molecule has 2 aromatic rings. The topological polar surface area (TPSA) is 97.1 Å². The van der Waals surface area contributed by atoms with Gasteiger partial charge in [0.2, 0.25) is 15.8 Å². The third-order valence-electron chi connectivity index (χ3n) is 4.76. The van der Waals surface area contributed by atoms with Crippen molar-refractivity contribution in [1.29, 1.82) is 0 Å². The fourth-order valence-corrected chi connectivity index (χ4v) is 3.82. The van der Waals surface area contributed by atoms with Crippen molar-refractivity contribution in [2.75, 3.05) is 17.6 Å². The van der Waals surface area contributed by atoms with Crippen LogP contribution in [0.1, 0.15) is 32.6 Å². The van der Waals surface area contributed by atoms with Crippen molar-refractivity contribution in [3.63, 3.8) is 0 Å². The van der Waals surface area contributed by atoms with Gasteiger partial charge in [-0.05, 0) is 50.7 Å². The molecule has 1 saturated carbocycles. The van der Waals surface area contributed by atoms with Gasteiger partial charge >= 0.3 is 6.01 Å². The standard InChI is InChI=1S/C17H22F2N4O3S/c1-2-27(24,25)20-10-11-6-8-12(9-7-11)21-17-22-16(23-26-17)15-13(18)4-3-5-14(15)19/h3-5,11-12,20H,2,6-10H2,1H3,(H,21,22,23)/t11-,12-. The molecule has 0 unspecified atom stereocenters. The molecule has 2 N–H and O–H groups in total. The second-order valence-corrected chi connectivity index (χ2v) is 8.73. The van der Waals surface area contributed by atoms with Crippen molar-refractivity contribution in [1.82, 2.24) is 14.9 Å². The minimum atomic E-state index is -3.17. The number of nitrogens with one attached hydrogen (secondary N) is 2. The molecule has 27 heavy (non-hydrogen) atoms. The van der Waals surface area contributed by atoms with E-state index in [9.17, 15) is 17.2 Å². The summed E-state index contributed by atoms with van der Waals surface area (Å²) in [7, 11) is -3.17. The SMILES string of the molecule is CCS(=O)(=O)NC[C@H]1CC[C@H](Nc2nc(-c3c(F)cccc3F)no2)CC1. The van der Waals surface area contributed by atoms with Crippen LogP contribution >= 0.6 is 0 Å². The summed E-state index contributed by atoms with van der Waals surface area (Å²) in [5.41, 5.74) is -0.318. The van der Waals surface area contributed by atoms with E-state index in [0.29, 0.717) is 6.54 Å². The molecule has 1 heterocycles. The first-order valence-corrected chi connectivity index (χ1v) is 10.5. The number of anilines is 1. The van der Waals surface area contributed by atoms with Crippen LogP contribution in [0.25, 0.3) is 11.4 Å². The maximum absolute atomic E-state index is 13.8. The van der Waals surface area contributed by atoms with E-state index in [1.165, 1.54) is 6.07 Å². The zero-order valence-corrected chi connectivity index (χ0v) is 15.7. The number of hydrogen-bond donors (Lipinski definition) is 2. The van der Waals surface area contributed by atoms with E-state index in [4.69, 9.17) is 4.52 Å². The molecular formula is C17H22F2N4O3S. The van der Waals surface area contributed by atoms with Gasteiger partial charge in [0, 0.05) is 12.6 Å². The Balaban J connectivity index is 1.54. The molecule has 0 saturated heterocycles. The van der Waals surface area contributed by atoms with Crippen molar-refractivity contribution >= 4 is 16.0 Å². The molecule has 1 aromatic heterocycles. The Hall–Kier alpha value is -2.07. The summed E-state index contributed by atoms with van der Waals surface area (Å²) in [6.45, 7) is 2.05. The van der Waals surface area contributed by atoms with Gasteiger partial charge in [-0.2, -0.15) is 4.98 Å². The average molecular weight is 400 g/mol. The van der Waals surface area contributed by atoms with Gasteiger partial charge in [-0.25, -0.2) is 21.9 Å². The first-order chi connectivity index (χ1) is 12.9. The van der Waals surface area contributed by atoms with E-state index in [2.05, 4.69) is 20.2 Å². The van der Waals surface area contributed by atoms with Crippen molar-refractivity contribution in [3.8, 4) is 11.4 Å². The summed E-state index contributed by atoms with van der Waals surface area (Å²) in [6.07, 6.45) is 3.33. The van der Waals surface area contributed by atoms with Gasteiger partial charge in [0.25, 0.3) is 0 Å². The van der Waals surface area contributed by atoms with Gasteiger partial charge in [-0.1, -0.05) is 11.2 Å². The van der Waals surface area contributed by atoms with E-state index >= 15 is 0 Å². The van der Waals surface area contributed by atoms with Gasteiger partial charge in [-0.3, -0.25) is 0 Å². The number of aromatic nitrogens is 2. The van der Waals surface area contributed by atoms with Crippen LogP contribution in [0.2, 0.25) is 0 Å². The van der Waals surface area contributed by atoms with Gasteiger partial charge in [0.1, 0.15) is 11.6 Å². The Bertz CT molecular complexity index is 860. The van der Waals surface area contributed by atoms with Crippen molar-refractivity contribution in [2.45, 2.75) is 38.6 Å². The molecule has 0 amide bonds. The summed E-state index contributed by atoms with van der Waals surface area (Å²) < 4.78 is 58.3. The molecule has 1 aromatic carbocycles. The molecule has 148 valence electrons. The number of nitrogens with zero attached hydrogens (tertiary/aromatic N) is 2. The van der Waals surface area contributed by atoms with Crippen LogP contribution in [0.3, 0.4) is 0 Å². The molecule has 10 heteroatoms. The first kappa shape index (κ1) is 19.7. The maximum atomic E-state index is 13.8. The summed E-state index contributed by atoms with van der Waals surface area (Å²) in [5.74, 6) is -1.29. The van der Waals surface area contributed by atoms with Crippen LogP contribution in [-0.4, -0.2) is 36.9 Å². The Labute approximate surface area is 156 Å². The number of rotatable bonds is 7. The van der Waals surface area contributed by atoms with Crippen LogP contribution in [0.5, 0.6) is 0 Å². The predicted molar refractivity (Wildman–Crippen MR) is 96.5 cm³/mol. The van der Waals surface area contributed by atoms with Crippen LogP contribution in [0.4, 0.5) is 14.8 Å². The van der Waals surface area contributed by atoms with Gasteiger partial charge in [-0.15, -0.1) is 0 Å². The maximum Gasteiger partial charge on any atom is 0.322 e. The quantitative estimate of drug-likeness (QED) is 0.742. The van der Waals surface area contributed by atoms with E-state index in [1.54, 1.807) is 6.92 Å². The largest absolute Gasteiger partial charge is 0.335 e. The second-order valence-electron chi connectivity index (χ2n) is 6.63. The van der Waals surface area contributed by atoms with E-state index in [0.717, 1.165) is 37.8 Å². The van der Waals surface area contributed by atoms with Crippen molar-refractivity contribution < 1.29 is 21.7 Å². The Morgan fingerprint density at radius 2 is 1.85 bits per heavy atom. The number of halogens is 2. The lowest BCUT2D eigenvalue weighted by Crippen LogP contribution is -2.34. The Kier molecular flexibility index (Phi) is 6.05. The predicted octanol–water partition coefficient (Wildman–Crippen LogP) is 2.92. The highest BCUT2D eigenvalue weighted by molar-refractivity contribution is 7.89. The highest BCUT2D eigenvalue weighted by Crippen LogP contribution is 2.28. The molecule has 0 radical (unpaired) electrons. The second kappa shape index (κ2) is 8.30. The zero-order valence-electron chi connectivity index (χ0n) is 14.9. The van der Waals surface area contributed by atoms with Gasteiger partial charge < -0.3 is 9.84 Å². The summed E-state index contributed by atoms with van der Waals surface area (Å²) in [6, 6.07) is 3.74. The lowest BCUT2D eigenvalue weighted by atomic mass is 9.86. The Morgan fingerprint density at radius 1 is 1.19 bits per heavy atom. The molecule has 0 spiro atoms. The molecule has 7 nitrogen and oxygen atoms in total. The van der Waals surface area contributed by atoms with E-state index in [-0.39, 0.29) is 35.1 Å². The monoisotopic (exact) mass is 400 g/mol. The first-order valence-electron chi connectivity index (χ1n) is 8.90. The molecular weight excluding hydrogens is 378 g/mol. The number of hydrogen-bond acceptors (Lipinski definition) is 6. The van der Waals surface area contributed by atoms with E-state index in [1.807, 2.05) is 0 Å². The highest BCUT2D eigenvalue weighted by Gasteiger charge is 2.24. The van der Waals surface area contributed by atoms with Crippen molar-refractivity contribution in [2.24, 2.45) is 5.92 Å². The molecule has 0 aliphatic heterocycles. The van der Waals surface area contributed by atoms with Gasteiger partial charge in [0.15, 0.2) is 0 Å². The minimum Gasteiger partial charge on any atom is -0.335 e. The molecule has 1 aliphatic carbocycles. The van der Waals surface area contributed by atoms with Crippen LogP contribution < -0.4 is 10.0 Å². The summed E-state index contributed by atoms with van der Waals surface area (Å²) in [4.78, 5) is 4.03. The van der Waals surface area contributed by atoms with Gasteiger partial charge in [0.05, 0.1) is 11.3 Å². The van der Waals surface area contributed by atoms with E-state index < -0.39 is 21.7 Å². The third-order valence-corrected chi connectivity index (χ3v) is 6.13. The minimum absolute atomic E-state index is 0.0754.